The third-order valence-corrected chi connectivity index (χ3v) is 2.97. The van der Waals surface area contributed by atoms with Crippen molar-refractivity contribution in [1.82, 2.24) is 4.90 Å². The fourth-order valence-electron chi connectivity index (χ4n) is 2.12. The summed E-state index contributed by atoms with van der Waals surface area (Å²) in [6, 6.07) is -0.282. The molecule has 0 aromatic carbocycles. The van der Waals surface area contributed by atoms with Crippen LogP contribution in [0, 0.1) is 11.8 Å². The Hall–Kier alpha value is -0.770. The second-order valence-corrected chi connectivity index (χ2v) is 4.37. The molecule has 2 unspecified atom stereocenters. The lowest BCUT2D eigenvalue weighted by atomic mass is 9.89. The van der Waals surface area contributed by atoms with Crippen LogP contribution in [0.2, 0.25) is 0 Å². The van der Waals surface area contributed by atoms with Gasteiger partial charge in [-0.05, 0) is 37.6 Å². The van der Waals surface area contributed by atoms with Gasteiger partial charge in [-0.2, -0.15) is 0 Å². The van der Waals surface area contributed by atoms with E-state index in [1.165, 1.54) is 6.42 Å². The number of carbonyl (C=O) groups excluding carboxylic acids is 1. The van der Waals surface area contributed by atoms with Gasteiger partial charge in [0.2, 0.25) is 0 Å². The molecule has 0 bridgehead atoms. The van der Waals surface area contributed by atoms with Crippen molar-refractivity contribution in [2.75, 3.05) is 19.6 Å². The Balaban J connectivity index is 2.36. The largest absolute Gasteiger partial charge is 0.351 e. The summed E-state index contributed by atoms with van der Waals surface area (Å²) in [7, 11) is 0. The van der Waals surface area contributed by atoms with Crippen molar-refractivity contribution in [2.45, 2.75) is 26.2 Å². The average Bonchev–Trinajstić information content (AvgIpc) is 2.18. The van der Waals surface area contributed by atoms with E-state index in [2.05, 4.69) is 6.92 Å². The van der Waals surface area contributed by atoms with Crippen LogP contribution in [0.3, 0.4) is 0 Å². The van der Waals surface area contributed by atoms with Crippen molar-refractivity contribution >= 4 is 6.03 Å². The monoisotopic (exact) mass is 199 g/mol. The van der Waals surface area contributed by atoms with E-state index >= 15 is 0 Å². The molecule has 0 radical (unpaired) electrons. The van der Waals surface area contributed by atoms with E-state index in [4.69, 9.17) is 11.5 Å². The Kier molecular flexibility index (Phi) is 4.20. The number of piperidine rings is 1. The lowest BCUT2D eigenvalue weighted by molar-refractivity contribution is 0.164. The van der Waals surface area contributed by atoms with Gasteiger partial charge in [-0.15, -0.1) is 0 Å². The molecule has 4 heteroatoms. The lowest BCUT2D eigenvalue weighted by Crippen LogP contribution is -2.43. The molecule has 1 rings (SSSR count). The molecule has 1 aliphatic heterocycles. The summed E-state index contributed by atoms with van der Waals surface area (Å²) in [5.74, 6) is 1.14. The molecule has 0 aromatic rings. The highest BCUT2D eigenvalue weighted by molar-refractivity contribution is 5.72. The molecular formula is C10H21N3O. The highest BCUT2D eigenvalue weighted by Crippen LogP contribution is 2.22. The quantitative estimate of drug-likeness (QED) is 0.704. The van der Waals surface area contributed by atoms with E-state index < -0.39 is 0 Å². The predicted octanol–water partition coefficient (Wildman–Crippen LogP) is 0.762. The van der Waals surface area contributed by atoms with Crippen LogP contribution >= 0.6 is 0 Å². The summed E-state index contributed by atoms with van der Waals surface area (Å²) in [6.07, 6.45) is 3.39. The van der Waals surface area contributed by atoms with Gasteiger partial charge in [0.1, 0.15) is 0 Å². The standard InChI is InChI=1S/C10H21N3O/c1-8(6-11)5-9-3-2-4-13(7-9)10(12)14/h8-9H,2-7,11H2,1H3,(H2,12,14). The highest BCUT2D eigenvalue weighted by atomic mass is 16.2. The zero-order valence-corrected chi connectivity index (χ0v) is 8.91. The van der Waals surface area contributed by atoms with Crippen LogP contribution in [0.25, 0.3) is 0 Å². The maximum Gasteiger partial charge on any atom is 0.314 e. The fourth-order valence-corrected chi connectivity index (χ4v) is 2.12. The van der Waals surface area contributed by atoms with Gasteiger partial charge in [-0.1, -0.05) is 6.92 Å². The number of hydrogen-bond acceptors (Lipinski definition) is 2. The molecule has 0 aliphatic carbocycles. The first-order valence-electron chi connectivity index (χ1n) is 5.38. The predicted molar refractivity (Wildman–Crippen MR) is 56.7 cm³/mol. The molecule has 14 heavy (non-hydrogen) atoms. The first-order valence-corrected chi connectivity index (χ1v) is 5.38. The molecule has 0 saturated carbocycles. The third kappa shape index (κ3) is 3.18. The number of carbonyl (C=O) groups is 1. The molecule has 2 amide bonds. The van der Waals surface area contributed by atoms with E-state index in [1.54, 1.807) is 4.90 Å². The van der Waals surface area contributed by atoms with Crippen LogP contribution < -0.4 is 11.5 Å². The van der Waals surface area contributed by atoms with E-state index in [9.17, 15) is 4.79 Å². The van der Waals surface area contributed by atoms with E-state index in [-0.39, 0.29) is 6.03 Å². The van der Waals surface area contributed by atoms with Crippen molar-refractivity contribution in [3.63, 3.8) is 0 Å². The lowest BCUT2D eigenvalue weighted by Gasteiger charge is -2.32. The molecule has 82 valence electrons. The van der Waals surface area contributed by atoms with Crippen molar-refractivity contribution < 1.29 is 4.79 Å². The van der Waals surface area contributed by atoms with Crippen LogP contribution in [0.4, 0.5) is 4.79 Å². The van der Waals surface area contributed by atoms with Crippen LogP contribution in [-0.2, 0) is 0 Å². The summed E-state index contributed by atoms with van der Waals surface area (Å²) < 4.78 is 0. The number of nitrogens with zero attached hydrogens (tertiary/aromatic N) is 1. The van der Waals surface area contributed by atoms with E-state index in [0.717, 1.165) is 32.5 Å². The number of rotatable bonds is 3. The molecule has 1 heterocycles. The number of likely N-dealkylation sites (tertiary alicyclic amines) is 1. The second-order valence-electron chi connectivity index (χ2n) is 4.37. The zero-order chi connectivity index (χ0) is 10.6. The minimum absolute atomic E-state index is 0.282. The molecule has 1 saturated heterocycles. The van der Waals surface area contributed by atoms with Crippen molar-refractivity contribution in [3.8, 4) is 0 Å². The highest BCUT2D eigenvalue weighted by Gasteiger charge is 2.22. The minimum atomic E-state index is -0.282. The molecule has 2 atom stereocenters. The van der Waals surface area contributed by atoms with Crippen LogP contribution in [-0.4, -0.2) is 30.6 Å². The minimum Gasteiger partial charge on any atom is -0.351 e. The maximum absolute atomic E-state index is 11.0. The Labute approximate surface area is 85.6 Å². The van der Waals surface area contributed by atoms with Crippen molar-refractivity contribution in [2.24, 2.45) is 23.3 Å². The van der Waals surface area contributed by atoms with Gasteiger partial charge >= 0.3 is 6.03 Å². The van der Waals surface area contributed by atoms with Crippen molar-refractivity contribution in [1.29, 1.82) is 0 Å². The zero-order valence-electron chi connectivity index (χ0n) is 8.91. The fraction of sp³-hybridized carbons (Fsp3) is 0.900. The smallest absolute Gasteiger partial charge is 0.314 e. The number of urea groups is 1. The van der Waals surface area contributed by atoms with Gasteiger partial charge in [0.25, 0.3) is 0 Å². The summed E-state index contributed by atoms with van der Waals surface area (Å²) in [5, 5.41) is 0. The Bertz CT molecular complexity index is 196. The van der Waals surface area contributed by atoms with E-state index in [0.29, 0.717) is 11.8 Å². The number of primary amides is 1. The van der Waals surface area contributed by atoms with Gasteiger partial charge in [-0.3, -0.25) is 0 Å². The molecular weight excluding hydrogens is 178 g/mol. The maximum atomic E-state index is 11.0. The van der Waals surface area contributed by atoms with Gasteiger partial charge in [0.05, 0.1) is 0 Å². The van der Waals surface area contributed by atoms with Crippen LogP contribution in [0.1, 0.15) is 26.2 Å². The van der Waals surface area contributed by atoms with Crippen molar-refractivity contribution in [3.05, 3.63) is 0 Å². The Morgan fingerprint density at radius 3 is 2.93 bits per heavy atom. The topological polar surface area (TPSA) is 72.3 Å². The average molecular weight is 199 g/mol. The normalized spacial score (nSPS) is 24.7. The van der Waals surface area contributed by atoms with E-state index in [1.807, 2.05) is 0 Å². The molecule has 1 aliphatic rings. The number of amides is 2. The first kappa shape index (κ1) is 11.3. The summed E-state index contributed by atoms with van der Waals surface area (Å²) in [5.41, 5.74) is 10.8. The number of hydrogen-bond donors (Lipinski definition) is 2. The van der Waals surface area contributed by atoms with Crippen LogP contribution in [0.15, 0.2) is 0 Å². The van der Waals surface area contributed by atoms with Gasteiger partial charge in [-0.25, -0.2) is 4.79 Å². The molecule has 4 N–H and O–H groups in total. The summed E-state index contributed by atoms with van der Waals surface area (Å²) in [4.78, 5) is 12.7. The SMILES string of the molecule is CC(CN)CC1CCCN(C(N)=O)C1. The van der Waals surface area contributed by atoms with Crippen LogP contribution in [0.5, 0.6) is 0 Å². The summed E-state index contributed by atoms with van der Waals surface area (Å²) in [6.45, 7) is 4.53. The third-order valence-electron chi connectivity index (χ3n) is 2.97. The van der Waals surface area contributed by atoms with Gasteiger partial charge < -0.3 is 16.4 Å². The van der Waals surface area contributed by atoms with Gasteiger partial charge in [0, 0.05) is 13.1 Å². The molecule has 0 aromatic heterocycles. The first-order chi connectivity index (χ1) is 6.63. The summed E-state index contributed by atoms with van der Waals surface area (Å²) >= 11 is 0. The number of nitrogens with two attached hydrogens (primary N) is 2. The Morgan fingerprint density at radius 1 is 1.64 bits per heavy atom. The molecule has 4 nitrogen and oxygen atoms in total. The molecule has 0 spiro atoms. The Morgan fingerprint density at radius 2 is 2.36 bits per heavy atom. The van der Waals surface area contributed by atoms with Gasteiger partial charge in [0.15, 0.2) is 0 Å². The molecule has 1 fully saturated rings. The second kappa shape index (κ2) is 5.20.